The molecule has 0 fully saturated rings. The molecule has 0 bridgehead atoms. The molecule has 6 heteroatoms. The highest BCUT2D eigenvalue weighted by molar-refractivity contribution is 6.29. The molecule has 0 radical (unpaired) electrons. The Morgan fingerprint density at radius 2 is 2.06 bits per heavy atom. The van der Waals surface area contributed by atoms with Crippen LogP contribution in [0, 0.1) is 5.92 Å². The molecule has 0 aromatic carbocycles. The third-order valence-corrected chi connectivity index (χ3v) is 2.75. The highest BCUT2D eigenvalue weighted by Crippen LogP contribution is 2.06. The molecule has 18 heavy (non-hydrogen) atoms. The highest BCUT2D eigenvalue weighted by Gasteiger charge is 2.18. The molecule has 1 amide bonds. The lowest BCUT2D eigenvalue weighted by atomic mass is 10.0. The van der Waals surface area contributed by atoms with Crippen molar-refractivity contribution in [1.29, 1.82) is 0 Å². The van der Waals surface area contributed by atoms with Gasteiger partial charge in [0.25, 0.3) is 5.91 Å². The van der Waals surface area contributed by atoms with Gasteiger partial charge < -0.3 is 10.2 Å². The molecule has 5 nitrogen and oxygen atoms in total. The Labute approximate surface area is 113 Å². The average Bonchev–Trinajstić information content (AvgIpc) is 2.28. The maximum Gasteiger partial charge on any atom is 0.272 e. The number of likely N-dealkylation sites (N-methyl/N-ethyl adjacent to an activating group) is 1. The number of nitrogens with zero attached hydrogens (tertiary/aromatic N) is 3. The van der Waals surface area contributed by atoms with E-state index in [2.05, 4.69) is 29.4 Å². The summed E-state index contributed by atoms with van der Waals surface area (Å²) in [6, 6.07) is 3.20. The molecule has 100 valence electrons. The zero-order valence-electron chi connectivity index (χ0n) is 11.1. The predicted octanol–water partition coefficient (Wildman–Crippen LogP) is 1.45. The highest BCUT2D eigenvalue weighted by atomic mass is 35.5. The molecular formula is C12H19ClN4O. The van der Waals surface area contributed by atoms with Gasteiger partial charge in [0.15, 0.2) is 10.8 Å². The molecule has 0 saturated heterocycles. The first kappa shape index (κ1) is 14.9. The largest absolute Gasteiger partial charge is 0.346 e. The second-order valence-corrected chi connectivity index (χ2v) is 5.21. The van der Waals surface area contributed by atoms with E-state index in [0.29, 0.717) is 5.92 Å². The number of aromatic nitrogens is 2. The van der Waals surface area contributed by atoms with Crippen molar-refractivity contribution < 1.29 is 4.79 Å². The van der Waals surface area contributed by atoms with E-state index >= 15 is 0 Å². The van der Waals surface area contributed by atoms with Crippen LogP contribution in [0.15, 0.2) is 12.1 Å². The van der Waals surface area contributed by atoms with Gasteiger partial charge in [0.05, 0.1) is 0 Å². The quantitative estimate of drug-likeness (QED) is 0.880. The van der Waals surface area contributed by atoms with E-state index in [-0.39, 0.29) is 22.8 Å². The lowest BCUT2D eigenvalue weighted by Crippen LogP contribution is -2.45. The van der Waals surface area contributed by atoms with Crippen LogP contribution >= 0.6 is 11.6 Å². The number of halogens is 1. The normalized spacial score (nSPS) is 12.8. The van der Waals surface area contributed by atoms with E-state index in [1.165, 1.54) is 0 Å². The molecule has 1 unspecified atom stereocenters. The second-order valence-electron chi connectivity index (χ2n) is 4.83. The third kappa shape index (κ3) is 4.58. The van der Waals surface area contributed by atoms with Gasteiger partial charge in [-0.05, 0) is 32.1 Å². The van der Waals surface area contributed by atoms with Crippen LogP contribution in [0.3, 0.4) is 0 Å². The summed E-state index contributed by atoms with van der Waals surface area (Å²) in [6.45, 7) is 4.92. The fourth-order valence-corrected chi connectivity index (χ4v) is 1.60. The van der Waals surface area contributed by atoms with Gasteiger partial charge in [-0.25, -0.2) is 0 Å². The summed E-state index contributed by atoms with van der Waals surface area (Å²) in [7, 11) is 3.95. The Balaban J connectivity index is 2.69. The van der Waals surface area contributed by atoms with Crippen molar-refractivity contribution in [3.63, 3.8) is 0 Å². The number of nitrogens with one attached hydrogen (secondary N) is 1. The molecule has 0 aliphatic carbocycles. The van der Waals surface area contributed by atoms with Crippen LogP contribution in [0.25, 0.3) is 0 Å². The van der Waals surface area contributed by atoms with Crippen LogP contribution in [-0.2, 0) is 0 Å². The zero-order valence-corrected chi connectivity index (χ0v) is 11.9. The molecule has 0 saturated carbocycles. The van der Waals surface area contributed by atoms with Gasteiger partial charge >= 0.3 is 0 Å². The Morgan fingerprint density at radius 3 is 2.50 bits per heavy atom. The van der Waals surface area contributed by atoms with Gasteiger partial charge in [0, 0.05) is 12.6 Å². The molecule has 0 aliphatic heterocycles. The van der Waals surface area contributed by atoms with Gasteiger partial charge in [0.1, 0.15) is 0 Å². The first-order chi connectivity index (χ1) is 8.40. The number of carbonyl (C=O) groups excluding carboxylic acids is 1. The van der Waals surface area contributed by atoms with Gasteiger partial charge in [-0.3, -0.25) is 4.79 Å². The first-order valence-corrected chi connectivity index (χ1v) is 6.22. The van der Waals surface area contributed by atoms with Crippen LogP contribution in [0.1, 0.15) is 24.3 Å². The average molecular weight is 271 g/mol. The van der Waals surface area contributed by atoms with Gasteiger partial charge in [0.2, 0.25) is 0 Å². The lowest BCUT2D eigenvalue weighted by Gasteiger charge is -2.25. The molecule has 1 aromatic rings. The van der Waals surface area contributed by atoms with Crippen LogP contribution in [0.5, 0.6) is 0 Å². The van der Waals surface area contributed by atoms with E-state index in [9.17, 15) is 4.79 Å². The maximum atomic E-state index is 12.0. The summed E-state index contributed by atoms with van der Waals surface area (Å²) in [6.07, 6.45) is 0. The van der Waals surface area contributed by atoms with Crippen molar-refractivity contribution in [2.45, 2.75) is 19.9 Å². The molecule has 1 aromatic heterocycles. The standard InChI is InChI=1S/C12H19ClN4O/c1-8(2)10(7-17(3)4)14-12(18)9-5-6-11(13)16-15-9/h5-6,8,10H,7H2,1-4H3,(H,14,18). The van der Waals surface area contributed by atoms with E-state index in [1.807, 2.05) is 19.0 Å². The summed E-state index contributed by atoms with van der Waals surface area (Å²) in [5.41, 5.74) is 0.281. The number of carbonyl (C=O) groups is 1. The number of hydrogen-bond acceptors (Lipinski definition) is 4. The second kappa shape index (κ2) is 6.66. The number of hydrogen-bond donors (Lipinski definition) is 1. The van der Waals surface area contributed by atoms with Crippen LogP contribution in [-0.4, -0.2) is 47.7 Å². The third-order valence-electron chi connectivity index (χ3n) is 2.55. The van der Waals surface area contributed by atoms with Crippen LogP contribution in [0.2, 0.25) is 5.15 Å². The molecule has 1 rings (SSSR count). The van der Waals surface area contributed by atoms with E-state index in [0.717, 1.165) is 6.54 Å². The van der Waals surface area contributed by atoms with Gasteiger partial charge in [-0.2, -0.15) is 0 Å². The van der Waals surface area contributed by atoms with Crippen molar-refractivity contribution in [2.75, 3.05) is 20.6 Å². The minimum atomic E-state index is -0.222. The molecular weight excluding hydrogens is 252 g/mol. The summed E-state index contributed by atoms with van der Waals surface area (Å²) < 4.78 is 0. The van der Waals surface area contributed by atoms with Crippen molar-refractivity contribution >= 4 is 17.5 Å². The zero-order chi connectivity index (χ0) is 13.7. The monoisotopic (exact) mass is 270 g/mol. The number of amides is 1. The lowest BCUT2D eigenvalue weighted by molar-refractivity contribution is 0.0910. The molecule has 0 aliphatic rings. The van der Waals surface area contributed by atoms with Crippen LogP contribution < -0.4 is 5.32 Å². The fraction of sp³-hybridized carbons (Fsp3) is 0.583. The molecule has 0 spiro atoms. The Bertz CT molecular complexity index is 392. The topological polar surface area (TPSA) is 58.1 Å². The van der Waals surface area contributed by atoms with Crippen molar-refractivity contribution in [3.8, 4) is 0 Å². The minimum Gasteiger partial charge on any atom is -0.346 e. The predicted molar refractivity (Wildman–Crippen MR) is 71.7 cm³/mol. The van der Waals surface area contributed by atoms with E-state index in [4.69, 9.17) is 11.6 Å². The van der Waals surface area contributed by atoms with Gasteiger partial charge in [-0.15, -0.1) is 10.2 Å². The van der Waals surface area contributed by atoms with Crippen molar-refractivity contribution in [2.24, 2.45) is 5.92 Å². The van der Waals surface area contributed by atoms with Crippen LogP contribution in [0.4, 0.5) is 0 Å². The minimum absolute atomic E-state index is 0.0741. The van der Waals surface area contributed by atoms with E-state index in [1.54, 1.807) is 12.1 Å². The Morgan fingerprint density at radius 1 is 1.39 bits per heavy atom. The van der Waals surface area contributed by atoms with Crippen molar-refractivity contribution in [1.82, 2.24) is 20.4 Å². The fourth-order valence-electron chi connectivity index (χ4n) is 1.50. The summed E-state index contributed by atoms with van der Waals surface area (Å²) in [5, 5.41) is 10.7. The van der Waals surface area contributed by atoms with Crippen molar-refractivity contribution in [3.05, 3.63) is 23.0 Å². The summed E-state index contributed by atoms with van der Waals surface area (Å²) in [4.78, 5) is 14.0. The first-order valence-electron chi connectivity index (χ1n) is 5.85. The van der Waals surface area contributed by atoms with E-state index < -0.39 is 0 Å². The smallest absolute Gasteiger partial charge is 0.272 e. The SMILES string of the molecule is CC(C)C(CN(C)C)NC(=O)c1ccc(Cl)nn1. The Hall–Kier alpha value is -1.20. The molecule has 1 heterocycles. The molecule has 1 atom stereocenters. The number of rotatable bonds is 5. The Kier molecular flexibility index (Phi) is 5.50. The van der Waals surface area contributed by atoms with Gasteiger partial charge in [-0.1, -0.05) is 25.4 Å². The summed E-state index contributed by atoms with van der Waals surface area (Å²) >= 11 is 5.63. The maximum absolute atomic E-state index is 12.0. The molecule has 1 N–H and O–H groups in total. The summed E-state index contributed by atoms with van der Waals surface area (Å²) in [5.74, 6) is 0.122.